The topological polar surface area (TPSA) is 26.3 Å². The average Bonchev–Trinajstić information content (AvgIpc) is 2.71. The van der Waals surface area contributed by atoms with Crippen LogP contribution in [0.5, 0.6) is 0 Å². The Labute approximate surface area is 135 Å². The van der Waals surface area contributed by atoms with Gasteiger partial charge in [-0.3, -0.25) is 0 Å². The van der Waals surface area contributed by atoms with Crippen LogP contribution in [0.1, 0.15) is 30.0 Å². The standard InChI is InChI=1S/C19H18O2S/c1-3-18(20)21-19(4-2)15-10-6-5-9-14(15)13-22-17-12-8-7-11-16(17)19/h3,5-12H,1,4,13H2,2H3. The molecule has 22 heavy (non-hydrogen) atoms. The summed E-state index contributed by atoms with van der Waals surface area (Å²) in [6.45, 7) is 5.60. The molecule has 1 heterocycles. The average molecular weight is 310 g/mol. The van der Waals surface area contributed by atoms with Gasteiger partial charge in [0.25, 0.3) is 0 Å². The van der Waals surface area contributed by atoms with E-state index in [2.05, 4.69) is 37.8 Å². The maximum atomic E-state index is 12.0. The van der Waals surface area contributed by atoms with Crippen LogP contribution >= 0.6 is 11.8 Å². The first-order valence-corrected chi connectivity index (χ1v) is 8.36. The highest BCUT2D eigenvalue weighted by Gasteiger charge is 2.41. The number of esters is 1. The molecule has 1 aliphatic heterocycles. The maximum absolute atomic E-state index is 12.0. The normalized spacial score (nSPS) is 19.5. The summed E-state index contributed by atoms with van der Waals surface area (Å²) >= 11 is 1.79. The highest BCUT2D eigenvalue weighted by Crippen LogP contribution is 2.47. The largest absolute Gasteiger partial charge is 0.446 e. The van der Waals surface area contributed by atoms with E-state index in [4.69, 9.17) is 4.74 Å². The Kier molecular flexibility index (Phi) is 4.08. The minimum atomic E-state index is -0.748. The molecule has 0 spiro atoms. The van der Waals surface area contributed by atoms with Gasteiger partial charge in [-0.2, -0.15) is 0 Å². The quantitative estimate of drug-likeness (QED) is 0.608. The maximum Gasteiger partial charge on any atom is 0.331 e. The van der Waals surface area contributed by atoms with E-state index in [1.54, 1.807) is 11.8 Å². The van der Waals surface area contributed by atoms with Crippen LogP contribution in [0, 0.1) is 0 Å². The van der Waals surface area contributed by atoms with Crippen LogP contribution in [0.15, 0.2) is 66.1 Å². The SMILES string of the molecule is C=CC(=O)OC1(CC)c2ccccc2CSc2ccccc21. The predicted octanol–water partition coefficient (Wildman–Crippen LogP) is 4.68. The fraction of sp³-hybridized carbons (Fsp3) is 0.211. The molecular weight excluding hydrogens is 292 g/mol. The summed E-state index contributed by atoms with van der Waals surface area (Å²) in [5.74, 6) is 0.485. The van der Waals surface area contributed by atoms with Crippen molar-refractivity contribution in [2.24, 2.45) is 0 Å². The predicted molar refractivity (Wildman–Crippen MR) is 89.8 cm³/mol. The number of benzene rings is 2. The Balaban J connectivity index is 2.29. The van der Waals surface area contributed by atoms with Crippen LogP contribution in [-0.4, -0.2) is 5.97 Å². The molecule has 1 unspecified atom stereocenters. The van der Waals surface area contributed by atoms with Crippen molar-refractivity contribution in [2.45, 2.75) is 29.6 Å². The van der Waals surface area contributed by atoms with Crippen molar-refractivity contribution < 1.29 is 9.53 Å². The summed E-state index contributed by atoms with van der Waals surface area (Å²) in [5, 5.41) is 0. The number of carbonyl (C=O) groups is 1. The van der Waals surface area contributed by atoms with Gasteiger partial charge < -0.3 is 4.74 Å². The van der Waals surface area contributed by atoms with Crippen molar-refractivity contribution in [2.75, 3.05) is 0 Å². The van der Waals surface area contributed by atoms with Crippen molar-refractivity contribution in [1.82, 2.24) is 0 Å². The molecule has 0 radical (unpaired) electrons. The molecule has 3 rings (SSSR count). The molecule has 2 nitrogen and oxygen atoms in total. The molecule has 0 N–H and O–H groups in total. The van der Waals surface area contributed by atoms with Crippen molar-refractivity contribution in [1.29, 1.82) is 0 Å². The fourth-order valence-electron chi connectivity index (χ4n) is 3.04. The second-order valence-electron chi connectivity index (χ2n) is 5.25. The van der Waals surface area contributed by atoms with Crippen molar-refractivity contribution in [3.63, 3.8) is 0 Å². The molecular formula is C19H18O2S. The van der Waals surface area contributed by atoms with Gasteiger partial charge in [-0.05, 0) is 18.1 Å². The van der Waals surface area contributed by atoms with Gasteiger partial charge in [0.2, 0.25) is 0 Å². The van der Waals surface area contributed by atoms with E-state index in [9.17, 15) is 4.79 Å². The van der Waals surface area contributed by atoms with Gasteiger partial charge in [0.1, 0.15) is 0 Å². The number of thioether (sulfide) groups is 1. The van der Waals surface area contributed by atoms with Gasteiger partial charge >= 0.3 is 5.97 Å². The van der Waals surface area contributed by atoms with Crippen LogP contribution in [-0.2, 0) is 20.9 Å². The number of hydrogen-bond acceptors (Lipinski definition) is 3. The first-order valence-electron chi connectivity index (χ1n) is 7.37. The zero-order chi connectivity index (χ0) is 15.6. The van der Waals surface area contributed by atoms with E-state index in [0.717, 1.165) is 21.8 Å². The smallest absolute Gasteiger partial charge is 0.331 e. The fourth-order valence-corrected chi connectivity index (χ4v) is 4.17. The zero-order valence-corrected chi connectivity index (χ0v) is 13.4. The van der Waals surface area contributed by atoms with Gasteiger partial charge in [-0.15, -0.1) is 11.8 Å². The first kappa shape index (κ1) is 14.9. The molecule has 3 heteroatoms. The number of fused-ring (bicyclic) bond motifs is 2. The summed E-state index contributed by atoms with van der Waals surface area (Å²) in [6.07, 6.45) is 1.92. The molecule has 0 fully saturated rings. The Morgan fingerprint density at radius 1 is 1.23 bits per heavy atom. The van der Waals surface area contributed by atoms with Crippen LogP contribution < -0.4 is 0 Å². The summed E-state index contributed by atoms with van der Waals surface area (Å²) in [5.41, 5.74) is 2.59. The van der Waals surface area contributed by atoms with Gasteiger partial charge in [0.15, 0.2) is 5.60 Å². The van der Waals surface area contributed by atoms with Gasteiger partial charge in [-0.1, -0.05) is 56.0 Å². The van der Waals surface area contributed by atoms with Crippen molar-refractivity contribution in [3.05, 3.63) is 77.9 Å². The Hall–Kier alpha value is -2.00. The summed E-state index contributed by atoms with van der Waals surface area (Å²) in [4.78, 5) is 13.2. The van der Waals surface area contributed by atoms with Crippen LogP contribution in [0.3, 0.4) is 0 Å². The molecule has 0 amide bonds. The van der Waals surface area contributed by atoms with Gasteiger partial charge in [0.05, 0.1) is 0 Å². The minimum absolute atomic E-state index is 0.390. The highest BCUT2D eigenvalue weighted by atomic mass is 32.2. The molecule has 0 bridgehead atoms. The third-order valence-electron chi connectivity index (χ3n) is 4.10. The van der Waals surface area contributed by atoms with Crippen molar-refractivity contribution in [3.8, 4) is 0 Å². The van der Waals surface area contributed by atoms with E-state index in [1.165, 1.54) is 11.6 Å². The molecule has 0 saturated carbocycles. The second kappa shape index (κ2) is 6.01. The van der Waals surface area contributed by atoms with Gasteiger partial charge in [0, 0.05) is 27.9 Å². The number of rotatable bonds is 3. The molecule has 0 aliphatic carbocycles. The lowest BCUT2D eigenvalue weighted by Crippen LogP contribution is -2.33. The molecule has 2 aromatic carbocycles. The number of hydrogen-bond donors (Lipinski definition) is 0. The third kappa shape index (κ3) is 2.35. The minimum Gasteiger partial charge on any atom is -0.446 e. The molecule has 112 valence electrons. The Bertz CT molecular complexity index is 673. The number of carbonyl (C=O) groups excluding carboxylic acids is 1. The third-order valence-corrected chi connectivity index (χ3v) is 5.22. The molecule has 1 atom stereocenters. The van der Waals surface area contributed by atoms with E-state index in [1.807, 2.05) is 24.3 Å². The summed E-state index contributed by atoms with van der Waals surface area (Å²) in [6, 6.07) is 16.4. The Morgan fingerprint density at radius 2 is 1.91 bits per heavy atom. The van der Waals surface area contributed by atoms with Crippen LogP contribution in [0.25, 0.3) is 0 Å². The van der Waals surface area contributed by atoms with E-state index in [0.29, 0.717) is 6.42 Å². The van der Waals surface area contributed by atoms with E-state index in [-0.39, 0.29) is 0 Å². The lowest BCUT2D eigenvalue weighted by molar-refractivity contribution is -0.151. The van der Waals surface area contributed by atoms with E-state index >= 15 is 0 Å². The lowest BCUT2D eigenvalue weighted by atomic mass is 9.81. The monoisotopic (exact) mass is 310 g/mol. The number of ether oxygens (including phenoxy) is 1. The van der Waals surface area contributed by atoms with Crippen molar-refractivity contribution >= 4 is 17.7 Å². The molecule has 0 aromatic heterocycles. The summed E-state index contributed by atoms with van der Waals surface area (Å²) < 4.78 is 5.94. The lowest BCUT2D eigenvalue weighted by Gasteiger charge is -2.34. The molecule has 0 saturated heterocycles. The highest BCUT2D eigenvalue weighted by molar-refractivity contribution is 7.98. The van der Waals surface area contributed by atoms with E-state index < -0.39 is 11.6 Å². The zero-order valence-electron chi connectivity index (χ0n) is 12.5. The van der Waals surface area contributed by atoms with Crippen LogP contribution in [0.2, 0.25) is 0 Å². The second-order valence-corrected chi connectivity index (χ2v) is 6.26. The summed E-state index contributed by atoms with van der Waals surface area (Å²) in [7, 11) is 0. The molecule has 1 aliphatic rings. The van der Waals surface area contributed by atoms with Crippen LogP contribution in [0.4, 0.5) is 0 Å². The molecule has 2 aromatic rings. The van der Waals surface area contributed by atoms with Gasteiger partial charge in [-0.25, -0.2) is 4.79 Å². The first-order chi connectivity index (χ1) is 10.7. The Morgan fingerprint density at radius 3 is 2.64 bits per heavy atom.